The lowest BCUT2D eigenvalue weighted by Crippen LogP contribution is -2.08. The van der Waals surface area contributed by atoms with Crippen molar-refractivity contribution < 1.29 is 9.53 Å². The van der Waals surface area contributed by atoms with Crippen LogP contribution < -0.4 is 0 Å². The summed E-state index contributed by atoms with van der Waals surface area (Å²) in [6, 6.07) is 0. The molecule has 0 aliphatic carbocycles. The van der Waals surface area contributed by atoms with Crippen LogP contribution in [0.2, 0.25) is 0 Å². The molecule has 0 amide bonds. The molecule has 0 unspecified atom stereocenters. The van der Waals surface area contributed by atoms with Crippen molar-refractivity contribution in [2.45, 2.75) is 0 Å². The Morgan fingerprint density at radius 3 is 3.00 bits per heavy atom. The predicted octanol–water partition coefficient (Wildman–Crippen LogP) is 0.170. The second kappa shape index (κ2) is 2.55. The van der Waals surface area contributed by atoms with Crippen LogP contribution in [0.15, 0.2) is 16.3 Å². The van der Waals surface area contributed by atoms with Gasteiger partial charge in [-0.2, -0.15) is 0 Å². The van der Waals surface area contributed by atoms with E-state index in [2.05, 4.69) is 4.99 Å². The maximum absolute atomic E-state index is 10.0. The van der Waals surface area contributed by atoms with Crippen molar-refractivity contribution >= 4 is 12.5 Å². The van der Waals surface area contributed by atoms with Gasteiger partial charge in [0.2, 0.25) is 0 Å². The highest BCUT2D eigenvalue weighted by Crippen LogP contribution is 2.10. The summed E-state index contributed by atoms with van der Waals surface area (Å²) in [7, 11) is 1.58. The summed E-state index contributed by atoms with van der Waals surface area (Å²) in [4.78, 5) is 13.7. The summed E-state index contributed by atoms with van der Waals surface area (Å²) < 4.78 is 4.77. The molecule has 1 heterocycles. The zero-order valence-electron chi connectivity index (χ0n) is 5.13. The number of carbonyl (C=O) groups excluding carboxylic acids is 1. The van der Waals surface area contributed by atoms with Gasteiger partial charge in [-0.15, -0.1) is 0 Å². The Balaban J connectivity index is 2.49. The first-order chi connectivity index (χ1) is 4.38. The topological polar surface area (TPSA) is 38.7 Å². The molecule has 0 aromatic carbocycles. The fourth-order valence-corrected chi connectivity index (χ4v) is 0.603. The predicted molar refractivity (Wildman–Crippen MR) is 33.5 cm³/mol. The largest absolute Gasteiger partial charge is 0.380 e. The Morgan fingerprint density at radius 2 is 2.67 bits per heavy atom. The fourth-order valence-electron chi connectivity index (χ4n) is 0.603. The third-order valence-corrected chi connectivity index (χ3v) is 1.10. The number of hydrogen-bond acceptors (Lipinski definition) is 3. The minimum absolute atomic E-state index is 0.484. The second-order valence-electron chi connectivity index (χ2n) is 1.72. The van der Waals surface area contributed by atoms with E-state index in [0.717, 1.165) is 11.9 Å². The zero-order valence-corrected chi connectivity index (χ0v) is 5.13. The Morgan fingerprint density at radius 1 is 1.89 bits per heavy atom. The van der Waals surface area contributed by atoms with E-state index >= 15 is 0 Å². The highest BCUT2D eigenvalue weighted by molar-refractivity contribution is 5.97. The van der Waals surface area contributed by atoms with E-state index in [4.69, 9.17) is 4.74 Å². The van der Waals surface area contributed by atoms with Gasteiger partial charge < -0.3 is 4.74 Å². The fraction of sp³-hybridized carbons (Fsp3) is 0.333. The van der Waals surface area contributed by atoms with Crippen LogP contribution >= 0.6 is 0 Å². The van der Waals surface area contributed by atoms with Crippen LogP contribution in [0.3, 0.4) is 0 Å². The normalized spacial score (nSPS) is 15.7. The van der Waals surface area contributed by atoms with E-state index in [1.54, 1.807) is 13.3 Å². The molecule has 0 bridgehead atoms. The van der Waals surface area contributed by atoms with E-state index < -0.39 is 0 Å². The van der Waals surface area contributed by atoms with E-state index in [9.17, 15) is 4.79 Å². The Labute approximate surface area is 53.0 Å². The van der Waals surface area contributed by atoms with Gasteiger partial charge in [0.15, 0.2) is 6.29 Å². The van der Waals surface area contributed by atoms with E-state index in [-0.39, 0.29) is 0 Å². The van der Waals surface area contributed by atoms with E-state index in [0.29, 0.717) is 12.3 Å². The summed E-state index contributed by atoms with van der Waals surface area (Å²) in [6.07, 6.45) is 2.36. The highest BCUT2D eigenvalue weighted by Gasteiger charge is 2.08. The molecule has 3 nitrogen and oxygen atoms in total. The number of ether oxygens (including phenoxy) is 1. The molecule has 48 valence electrons. The van der Waals surface area contributed by atoms with Crippen LogP contribution in [0.5, 0.6) is 0 Å². The third kappa shape index (κ3) is 1.05. The molecule has 9 heavy (non-hydrogen) atoms. The molecule has 3 heteroatoms. The third-order valence-electron chi connectivity index (χ3n) is 1.10. The van der Waals surface area contributed by atoms with Crippen LogP contribution in [0.25, 0.3) is 0 Å². The smallest absolute Gasteiger partial charge is 0.168 e. The van der Waals surface area contributed by atoms with Gasteiger partial charge >= 0.3 is 0 Å². The van der Waals surface area contributed by atoms with Crippen molar-refractivity contribution in [1.29, 1.82) is 0 Å². The van der Waals surface area contributed by atoms with Crippen molar-refractivity contribution in [3.05, 3.63) is 11.3 Å². The van der Waals surface area contributed by atoms with Crippen LogP contribution in [0, 0.1) is 0 Å². The lowest BCUT2D eigenvalue weighted by Gasteiger charge is -2.07. The molecule has 0 saturated heterocycles. The molecule has 0 fully saturated rings. The van der Waals surface area contributed by atoms with Gasteiger partial charge in [-0.25, -0.2) is 0 Å². The van der Waals surface area contributed by atoms with Gasteiger partial charge in [0.1, 0.15) is 5.70 Å². The summed E-state index contributed by atoms with van der Waals surface area (Å²) in [6.45, 7) is 0.484. The molecular weight excluding hydrogens is 118 g/mol. The first kappa shape index (κ1) is 6.16. The summed E-state index contributed by atoms with van der Waals surface area (Å²) in [5, 5.41) is 0. The van der Waals surface area contributed by atoms with Gasteiger partial charge in [0, 0.05) is 18.9 Å². The van der Waals surface area contributed by atoms with Gasteiger partial charge in [-0.1, -0.05) is 0 Å². The minimum Gasteiger partial charge on any atom is -0.380 e. The molecule has 0 atom stereocenters. The van der Waals surface area contributed by atoms with Crippen molar-refractivity contribution in [3.8, 4) is 0 Å². The Kier molecular flexibility index (Phi) is 1.75. The number of aldehydes is 1. The van der Waals surface area contributed by atoms with Gasteiger partial charge in [0.05, 0.1) is 6.61 Å². The summed E-state index contributed by atoms with van der Waals surface area (Å²) in [5.41, 5.74) is 1.39. The average molecular weight is 125 g/mol. The number of carbonyl (C=O) groups is 1. The van der Waals surface area contributed by atoms with Gasteiger partial charge in [-0.05, 0) is 0 Å². The van der Waals surface area contributed by atoms with Crippen LogP contribution in [0.1, 0.15) is 0 Å². The molecule has 0 aromatic rings. The first-order valence-corrected chi connectivity index (χ1v) is 2.60. The molecular formula is C6H7NO2. The average Bonchev–Trinajstić information content (AvgIpc) is 1.82. The minimum atomic E-state index is 0.484. The van der Waals surface area contributed by atoms with Gasteiger partial charge in [0.25, 0.3) is 0 Å². The van der Waals surface area contributed by atoms with E-state index in [1.807, 2.05) is 0 Å². The second-order valence-corrected chi connectivity index (χ2v) is 1.72. The SMILES string of the molecule is COCC1=C(C=O)N=C1. The number of aliphatic imine (C=N–C) groups is 1. The van der Waals surface area contributed by atoms with E-state index in [1.165, 1.54) is 0 Å². The number of nitrogens with zero attached hydrogens (tertiary/aromatic N) is 1. The number of hydrogen-bond donors (Lipinski definition) is 0. The zero-order chi connectivity index (χ0) is 6.69. The van der Waals surface area contributed by atoms with Crippen LogP contribution in [-0.4, -0.2) is 26.2 Å². The number of methoxy groups -OCH3 is 1. The van der Waals surface area contributed by atoms with Crippen LogP contribution in [0.4, 0.5) is 0 Å². The Hall–Kier alpha value is -0.960. The standard InChI is InChI=1S/C6H7NO2/c1-9-4-5-2-7-6(5)3-8/h2-3H,4H2,1H3. The summed E-state index contributed by atoms with van der Waals surface area (Å²) >= 11 is 0. The molecule has 1 rings (SSSR count). The summed E-state index contributed by atoms with van der Waals surface area (Å²) in [5.74, 6) is 0. The molecule has 0 radical (unpaired) electrons. The molecule has 0 spiro atoms. The maximum atomic E-state index is 10.0. The van der Waals surface area contributed by atoms with Crippen molar-refractivity contribution in [1.82, 2.24) is 0 Å². The molecule has 1 aliphatic rings. The number of allylic oxidation sites excluding steroid dienone is 1. The van der Waals surface area contributed by atoms with Crippen molar-refractivity contribution in [2.75, 3.05) is 13.7 Å². The monoisotopic (exact) mass is 125 g/mol. The molecule has 0 N–H and O–H groups in total. The maximum Gasteiger partial charge on any atom is 0.168 e. The molecule has 0 aromatic heterocycles. The molecule has 1 aliphatic heterocycles. The lowest BCUT2D eigenvalue weighted by atomic mass is 10.2. The highest BCUT2D eigenvalue weighted by atomic mass is 16.5. The van der Waals surface area contributed by atoms with Crippen molar-refractivity contribution in [3.63, 3.8) is 0 Å². The quantitative estimate of drug-likeness (QED) is 0.504. The molecule has 0 saturated carbocycles. The van der Waals surface area contributed by atoms with Gasteiger partial charge in [-0.3, -0.25) is 9.79 Å². The first-order valence-electron chi connectivity index (χ1n) is 2.60. The lowest BCUT2D eigenvalue weighted by molar-refractivity contribution is -0.105. The van der Waals surface area contributed by atoms with Crippen LogP contribution in [-0.2, 0) is 9.53 Å². The van der Waals surface area contributed by atoms with Crippen molar-refractivity contribution in [2.24, 2.45) is 4.99 Å². The Bertz CT molecular complexity index is 177. The number of rotatable bonds is 3.